The zero-order chi connectivity index (χ0) is 9.30. The highest BCUT2D eigenvalue weighted by Crippen LogP contribution is 2.19. The molecule has 0 aliphatic heterocycles. The first-order valence-electron chi connectivity index (χ1n) is 3.70. The summed E-state index contributed by atoms with van der Waals surface area (Å²) in [5.41, 5.74) is 0.309. The normalized spacial score (nSPS) is 10.4. The Labute approximate surface area is 69.0 Å². The van der Waals surface area contributed by atoms with Crippen LogP contribution in [0.1, 0.15) is 18.1 Å². The summed E-state index contributed by atoms with van der Waals surface area (Å²) in [7, 11) is 0. The third kappa shape index (κ3) is 1.31. The Morgan fingerprint density at radius 1 is 1.17 bits per heavy atom. The summed E-state index contributed by atoms with van der Waals surface area (Å²) in [4.78, 5) is 0. The van der Waals surface area contributed by atoms with Gasteiger partial charge in [0, 0.05) is 6.07 Å². The number of halogens is 3. The van der Waals surface area contributed by atoms with Crippen LogP contribution in [0.3, 0.4) is 0 Å². The first kappa shape index (κ1) is 9.10. The molecule has 0 atom stereocenters. The number of benzene rings is 1. The van der Waals surface area contributed by atoms with Crippen molar-refractivity contribution in [3.05, 3.63) is 34.6 Å². The number of hydrogen-bond donors (Lipinski definition) is 0. The van der Waals surface area contributed by atoms with Crippen LogP contribution in [0.2, 0.25) is 0 Å². The lowest BCUT2D eigenvalue weighted by atomic mass is 10.1. The molecule has 0 radical (unpaired) electrons. The molecule has 0 aliphatic rings. The summed E-state index contributed by atoms with van der Waals surface area (Å²) in [5, 5.41) is 0. The SMILES string of the molecule is CCc1c(F)cc(F)c(F)c1C. The van der Waals surface area contributed by atoms with E-state index in [1.54, 1.807) is 6.92 Å². The van der Waals surface area contributed by atoms with E-state index in [2.05, 4.69) is 0 Å². The second-order valence-corrected chi connectivity index (χ2v) is 2.61. The van der Waals surface area contributed by atoms with E-state index in [0.29, 0.717) is 12.5 Å². The lowest BCUT2D eigenvalue weighted by molar-refractivity contribution is 0.484. The average Bonchev–Trinajstić information content (AvgIpc) is 2.01. The molecule has 0 aromatic heterocycles. The summed E-state index contributed by atoms with van der Waals surface area (Å²) in [6.45, 7) is 3.07. The van der Waals surface area contributed by atoms with E-state index in [9.17, 15) is 13.2 Å². The predicted octanol–water partition coefficient (Wildman–Crippen LogP) is 2.97. The van der Waals surface area contributed by atoms with E-state index in [1.165, 1.54) is 6.92 Å². The van der Waals surface area contributed by atoms with Gasteiger partial charge in [0.1, 0.15) is 5.82 Å². The lowest BCUT2D eigenvalue weighted by Gasteiger charge is -2.05. The maximum atomic E-state index is 12.9. The Kier molecular flexibility index (Phi) is 2.40. The minimum atomic E-state index is -1.12. The van der Waals surface area contributed by atoms with Crippen LogP contribution in [0.5, 0.6) is 0 Å². The topological polar surface area (TPSA) is 0 Å². The van der Waals surface area contributed by atoms with E-state index in [1.807, 2.05) is 0 Å². The van der Waals surface area contributed by atoms with Crippen LogP contribution >= 0.6 is 0 Å². The van der Waals surface area contributed by atoms with E-state index in [-0.39, 0.29) is 11.1 Å². The minimum absolute atomic E-state index is 0.0648. The molecular formula is C9H9F3. The van der Waals surface area contributed by atoms with Crippen LogP contribution in [-0.2, 0) is 6.42 Å². The van der Waals surface area contributed by atoms with Gasteiger partial charge in [-0.15, -0.1) is 0 Å². The van der Waals surface area contributed by atoms with Gasteiger partial charge in [-0.2, -0.15) is 0 Å². The first-order chi connectivity index (χ1) is 5.57. The average molecular weight is 174 g/mol. The molecule has 0 spiro atoms. The van der Waals surface area contributed by atoms with Crippen molar-refractivity contribution in [1.29, 1.82) is 0 Å². The highest BCUT2D eigenvalue weighted by atomic mass is 19.2. The van der Waals surface area contributed by atoms with Crippen LogP contribution in [0, 0.1) is 24.4 Å². The second-order valence-electron chi connectivity index (χ2n) is 2.61. The molecule has 0 unspecified atom stereocenters. The molecule has 0 N–H and O–H groups in total. The van der Waals surface area contributed by atoms with Crippen molar-refractivity contribution in [2.45, 2.75) is 20.3 Å². The van der Waals surface area contributed by atoms with Gasteiger partial charge in [-0.1, -0.05) is 6.92 Å². The maximum absolute atomic E-state index is 12.9. The highest BCUT2D eigenvalue weighted by Gasteiger charge is 2.13. The van der Waals surface area contributed by atoms with Crippen molar-refractivity contribution in [3.8, 4) is 0 Å². The molecule has 1 aromatic carbocycles. The molecule has 3 heteroatoms. The Morgan fingerprint density at radius 2 is 1.75 bits per heavy atom. The van der Waals surface area contributed by atoms with Gasteiger partial charge in [0.25, 0.3) is 0 Å². The molecule has 1 rings (SSSR count). The van der Waals surface area contributed by atoms with Crippen LogP contribution in [0.15, 0.2) is 6.07 Å². The maximum Gasteiger partial charge on any atom is 0.162 e. The van der Waals surface area contributed by atoms with Crippen molar-refractivity contribution >= 4 is 0 Å². The van der Waals surface area contributed by atoms with Crippen LogP contribution in [0.25, 0.3) is 0 Å². The van der Waals surface area contributed by atoms with Crippen molar-refractivity contribution in [2.24, 2.45) is 0 Å². The van der Waals surface area contributed by atoms with Gasteiger partial charge in [-0.25, -0.2) is 13.2 Å². The van der Waals surface area contributed by atoms with Crippen LogP contribution < -0.4 is 0 Å². The van der Waals surface area contributed by atoms with Crippen molar-refractivity contribution in [2.75, 3.05) is 0 Å². The predicted molar refractivity (Wildman–Crippen MR) is 40.4 cm³/mol. The van der Waals surface area contributed by atoms with E-state index in [4.69, 9.17) is 0 Å². The fourth-order valence-electron chi connectivity index (χ4n) is 1.19. The standard InChI is InChI=1S/C9H9F3/c1-3-6-5(2)9(12)8(11)4-7(6)10/h4H,3H2,1-2H3. The highest BCUT2D eigenvalue weighted by molar-refractivity contribution is 5.29. The molecule has 12 heavy (non-hydrogen) atoms. The molecule has 0 bridgehead atoms. The van der Waals surface area contributed by atoms with Gasteiger partial charge in [0.05, 0.1) is 0 Å². The molecule has 0 saturated carbocycles. The van der Waals surface area contributed by atoms with Gasteiger partial charge in [0.15, 0.2) is 11.6 Å². The Balaban J connectivity index is 3.40. The molecule has 0 amide bonds. The molecule has 0 aliphatic carbocycles. The quantitative estimate of drug-likeness (QED) is 0.574. The Hall–Kier alpha value is -0.990. The molecular weight excluding hydrogens is 165 g/mol. The monoisotopic (exact) mass is 174 g/mol. The summed E-state index contributed by atoms with van der Waals surface area (Å²) in [6, 6.07) is 0.584. The lowest BCUT2D eigenvalue weighted by Crippen LogP contribution is -1.99. The summed E-state index contributed by atoms with van der Waals surface area (Å²) in [6.07, 6.45) is 0.370. The summed E-state index contributed by atoms with van der Waals surface area (Å²) >= 11 is 0. The largest absolute Gasteiger partial charge is 0.207 e. The molecule has 1 aromatic rings. The molecule has 0 nitrogen and oxygen atoms in total. The van der Waals surface area contributed by atoms with Gasteiger partial charge in [-0.3, -0.25) is 0 Å². The molecule has 0 saturated heterocycles. The molecule has 66 valence electrons. The Morgan fingerprint density at radius 3 is 2.25 bits per heavy atom. The van der Waals surface area contributed by atoms with Crippen LogP contribution in [0.4, 0.5) is 13.2 Å². The van der Waals surface area contributed by atoms with Gasteiger partial charge in [-0.05, 0) is 24.5 Å². The van der Waals surface area contributed by atoms with Crippen molar-refractivity contribution in [1.82, 2.24) is 0 Å². The third-order valence-corrected chi connectivity index (χ3v) is 1.89. The zero-order valence-corrected chi connectivity index (χ0v) is 6.92. The van der Waals surface area contributed by atoms with Gasteiger partial charge >= 0.3 is 0 Å². The fourth-order valence-corrected chi connectivity index (χ4v) is 1.19. The Bertz CT molecular complexity index is 305. The second kappa shape index (κ2) is 3.17. The number of hydrogen-bond acceptors (Lipinski definition) is 0. The summed E-state index contributed by atoms with van der Waals surface area (Å²) in [5.74, 6) is -2.75. The van der Waals surface area contributed by atoms with Gasteiger partial charge < -0.3 is 0 Å². The number of rotatable bonds is 1. The van der Waals surface area contributed by atoms with Gasteiger partial charge in [0.2, 0.25) is 0 Å². The third-order valence-electron chi connectivity index (χ3n) is 1.89. The van der Waals surface area contributed by atoms with E-state index in [0.717, 1.165) is 0 Å². The minimum Gasteiger partial charge on any atom is -0.207 e. The van der Waals surface area contributed by atoms with Crippen molar-refractivity contribution < 1.29 is 13.2 Å². The summed E-state index contributed by atoms with van der Waals surface area (Å²) < 4.78 is 38.2. The smallest absolute Gasteiger partial charge is 0.162 e. The fraction of sp³-hybridized carbons (Fsp3) is 0.333. The molecule has 0 heterocycles. The van der Waals surface area contributed by atoms with E-state index < -0.39 is 17.5 Å². The van der Waals surface area contributed by atoms with Crippen LogP contribution in [-0.4, -0.2) is 0 Å². The van der Waals surface area contributed by atoms with Crippen molar-refractivity contribution in [3.63, 3.8) is 0 Å². The van der Waals surface area contributed by atoms with E-state index >= 15 is 0 Å². The zero-order valence-electron chi connectivity index (χ0n) is 6.92. The first-order valence-corrected chi connectivity index (χ1v) is 3.70. The molecule has 0 fully saturated rings.